The molecule has 0 saturated carbocycles. The van der Waals surface area contributed by atoms with Crippen LogP contribution in [0.3, 0.4) is 0 Å². The van der Waals surface area contributed by atoms with Crippen molar-refractivity contribution < 1.29 is 9.21 Å². The number of hydrogen-bond acceptors (Lipinski definition) is 4. The second-order valence-corrected chi connectivity index (χ2v) is 6.47. The average molecular weight is 376 g/mol. The fourth-order valence-corrected chi connectivity index (χ4v) is 3.18. The lowest BCUT2D eigenvalue weighted by molar-refractivity contribution is 0.103. The summed E-state index contributed by atoms with van der Waals surface area (Å²) in [5.74, 6) is -0.0386. The van der Waals surface area contributed by atoms with Crippen molar-refractivity contribution in [3.8, 4) is 0 Å². The maximum atomic E-state index is 12.0. The van der Waals surface area contributed by atoms with Crippen LogP contribution in [0.2, 0.25) is 0 Å². The third kappa shape index (κ3) is 3.35. The smallest absolute Gasteiger partial charge is 0.266 e. The number of rotatable bonds is 3. The van der Waals surface area contributed by atoms with E-state index in [4.69, 9.17) is 4.42 Å². The Labute approximate surface area is 137 Å². The zero-order chi connectivity index (χ0) is 15.5. The summed E-state index contributed by atoms with van der Waals surface area (Å²) >= 11 is 4.62. The van der Waals surface area contributed by atoms with Crippen molar-refractivity contribution in [2.45, 2.75) is 0 Å². The molecule has 3 rings (SSSR count). The number of furan rings is 1. The van der Waals surface area contributed by atoms with Crippen LogP contribution < -0.4 is 14.8 Å². The third-order valence-electron chi connectivity index (χ3n) is 2.85. The Morgan fingerprint density at radius 3 is 2.86 bits per heavy atom. The first kappa shape index (κ1) is 14.7. The highest BCUT2D eigenvalue weighted by Crippen LogP contribution is 2.11. The molecular formula is C16H10BrNO3S. The van der Waals surface area contributed by atoms with Gasteiger partial charge in [0.05, 0.1) is 15.5 Å². The Bertz CT molecular complexity index is 983. The minimum Gasteiger partial charge on any atom is -0.461 e. The standard InChI is InChI=1S/C16H10BrNO3S/c17-11-4-1-3-10(7-11)8-14-16(20)18-15(22-14)9-12(19)13-5-2-6-21-13/h1-9H,(H,18,20). The molecule has 4 nitrogen and oxygen atoms in total. The van der Waals surface area contributed by atoms with E-state index in [1.54, 1.807) is 18.2 Å². The zero-order valence-corrected chi connectivity index (χ0v) is 13.6. The van der Waals surface area contributed by atoms with Crippen molar-refractivity contribution in [2.75, 3.05) is 0 Å². The number of thiazole rings is 1. The van der Waals surface area contributed by atoms with E-state index in [1.807, 2.05) is 24.3 Å². The average Bonchev–Trinajstić information content (AvgIpc) is 3.10. The minimum absolute atomic E-state index is 0.219. The summed E-state index contributed by atoms with van der Waals surface area (Å²) in [6.45, 7) is 0. The first-order valence-corrected chi connectivity index (χ1v) is 7.99. The predicted molar refractivity (Wildman–Crippen MR) is 89.4 cm³/mol. The second kappa shape index (κ2) is 6.29. The fraction of sp³-hybridized carbons (Fsp3) is 0. The van der Waals surface area contributed by atoms with E-state index < -0.39 is 0 Å². The number of ketones is 1. The highest BCUT2D eigenvalue weighted by atomic mass is 79.9. The molecule has 6 heteroatoms. The Kier molecular flexibility index (Phi) is 4.22. The lowest BCUT2D eigenvalue weighted by atomic mass is 10.2. The molecule has 0 aliphatic carbocycles. The lowest BCUT2D eigenvalue weighted by Crippen LogP contribution is -2.19. The van der Waals surface area contributed by atoms with Crippen molar-refractivity contribution in [2.24, 2.45) is 0 Å². The van der Waals surface area contributed by atoms with Crippen LogP contribution in [0.1, 0.15) is 16.1 Å². The van der Waals surface area contributed by atoms with Gasteiger partial charge in [0.1, 0.15) is 0 Å². The van der Waals surface area contributed by atoms with Crippen molar-refractivity contribution in [3.63, 3.8) is 0 Å². The number of hydrogen-bond donors (Lipinski definition) is 1. The second-order valence-electron chi connectivity index (χ2n) is 4.47. The van der Waals surface area contributed by atoms with E-state index in [0.717, 1.165) is 10.0 Å². The van der Waals surface area contributed by atoms with Gasteiger partial charge in [0.15, 0.2) is 5.76 Å². The zero-order valence-electron chi connectivity index (χ0n) is 11.2. The first-order chi connectivity index (χ1) is 10.6. The summed E-state index contributed by atoms with van der Waals surface area (Å²) in [7, 11) is 0. The van der Waals surface area contributed by atoms with Gasteiger partial charge in [-0.25, -0.2) is 0 Å². The predicted octanol–water partition coefficient (Wildman–Crippen LogP) is 2.28. The number of Topliss-reactive ketones (excluding diaryl/α,β-unsaturated/α-hetero) is 1. The highest BCUT2D eigenvalue weighted by Gasteiger charge is 2.05. The summed E-state index contributed by atoms with van der Waals surface area (Å²) < 4.78 is 7.00. The van der Waals surface area contributed by atoms with Gasteiger partial charge in [-0.1, -0.05) is 28.1 Å². The molecule has 1 N–H and O–H groups in total. The summed E-state index contributed by atoms with van der Waals surface area (Å²) in [4.78, 5) is 26.5. The first-order valence-electron chi connectivity index (χ1n) is 6.38. The van der Waals surface area contributed by atoms with E-state index in [2.05, 4.69) is 20.9 Å². The number of carbonyl (C=O) groups is 1. The number of carbonyl (C=O) groups excluding carboxylic acids is 1. The lowest BCUT2D eigenvalue weighted by Gasteiger charge is -1.92. The number of aromatic amines is 1. The molecule has 0 fully saturated rings. The van der Waals surface area contributed by atoms with Gasteiger partial charge >= 0.3 is 0 Å². The monoisotopic (exact) mass is 375 g/mol. The van der Waals surface area contributed by atoms with Gasteiger partial charge in [-0.15, -0.1) is 11.3 Å². The van der Waals surface area contributed by atoms with Gasteiger partial charge < -0.3 is 9.40 Å². The molecule has 1 aromatic carbocycles. The van der Waals surface area contributed by atoms with Crippen LogP contribution in [0.4, 0.5) is 0 Å². The van der Waals surface area contributed by atoms with Crippen LogP contribution in [0.15, 0.2) is 56.3 Å². The normalized spacial score (nSPS) is 12.8. The molecule has 0 spiro atoms. The molecule has 0 aliphatic rings. The number of benzene rings is 1. The molecule has 0 unspecified atom stereocenters. The SMILES string of the molecule is O=C(C=c1[nH]c(=O)c(=Cc2cccc(Br)c2)s1)c1ccco1. The molecule has 0 saturated heterocycles. The molecule has 0 amide bonds. The van der Waals surface area contributed by atoms with Gasteiger partial charge in [-0.3, -0.25) is 9.59 Å². The molecule has 0 aliphatic heterocycles. The van der Waals surface area contributed by atoms with Gasteiger partial charge in [0.25, 0.3) is 5.56 Å². The highest BCUT2D eigenvalue weighted by molar-refractivity contribution is 9.10. The fourth-order valence-electron chi connectivity index (χ4n) is 1.88. The number of aromatic nitrogens is 1. The third-order valence-corrected chi connectivity index (χ3v) is 4.31. The van der Waals surface area contributed by atoms with Gasteiger partial charge in [-0.2, -0.15) is 0 Å². The molecule has 0 atom stereocenters. The minimum atomic E-state index is -0.281. The van der Waals surface area contributed by atoms with Gasteiger partial charge in [-0.05, 0) is 35.9 Å². The van der Waals surface area contributed by atoms with Crippen LogP contribution in [-0.4, -0.2) is 10.8 Å². The Hall–Kier alpha value is -2.18. The summed E-state index contributed by atoms with van der Waals surface area (Å²) in [5.41, 5.74) is 0.689. The van der Waals surface area contributed by atoms with E-state index in [1.165, 1.54) is 23.7 Å². The molecular weight excluding hydrogens is 366 g/mol. The van der Waals surface area contributed by atoms with Crippen molar-refractivity contribution >= 4 is 45.2 Å². The van der Waals surface area contributed by atoms with Crippen LogP contribution >= 0.6 is 27.3 Å². The van der Waals surface area contributed by atoms with E-state index in [-0.39, 0.29) is 17.1 Å². The Balaban J connectivity index is 2.01. The molecule has 22 heavy (non-hydrogen) atoms. The maximum absolute atomic E-state index is 12.0. The number of H-pyrrole nitrogens is 1. The number of nitrogens with one attached hydrogen (secondary N) is 1. The number of halogens is 1. The molecule has 2 heterocycles. The summed E-state index contributed by atoms with van der Waals surface area (Å²) in [6, 6.07) is 10.9. The quantitative estimate of drug-likeness (QED) is 0.714. The molecule has 110 valence electrons. The van der Waals surface area contributed by atoms with E-state index >= 15 is 0 Å². The van der Waals surface area contributed by atoms with Crippen molar-refractivity contribution in [1.29, 1.82) is 0 Å². The largest absolute Gasteiger partial charge is 0.461 e. The Morgan fingerprint density at radius 2 is 2.14 bits per heavy atom. The van der Waals surface area contributed by atoms with Crippen molar-refractivity contribution in [3.05, 3.63) is 78.0 Å². The summed E-state index contributed by atoms with van der Waals surface area (Å²) in [5, 5.41) is 0. The Morgan fingerprint density at radius 1 is 1.27 bits per heavy atom. The van der Waals surface area contributed by atoms with E-state index in [0.29, 0.717) is 9.20 Å². The molecule has 3 aromatic rings. The summed E-state index contributed by atoms with van der Waals surface area (Å²) in [6.07, 6.45) is 4.58. The van der Waals surface area contributed by atoms with Gasteiger partial charge in [0, 0.05) is 10.5 Å². The molecule has 2 aromatic heterocycles. The van der Waals surface area contributed by atoms with Crippen LogP contribution in [0.5, 0.6) is 0 Å². The van der Waals surface area contributed by atoms with Crippen LogP contribution in [0.25, 0.3) is 12.2 Å². The molecule has 0 radical (unpaired) electrons. The topological polar surface area (TPSA) is 63.1 Å². The van der Waals surface area contributed by atoms with E-state index in [9.17, 15) is 9.59 Å². The molecule has 0 bridgehead atoms. The van der Waals surface area contributed by atoms with Crippen LogP contribution in [-0.2, 0) is 0 Å². The maximum Gasteiger partial charge on any atom is 0.266 e. The van der Waals surface area contributed by atoms with Gasteiger partial charge in [0.2, 0.25) is 5.78 Å². The van der Waals surface area contributed by atoms with Crippen LogP contribution in [0, 0.1) is 0 Å². The van der Waals surface area contributed by atoms with Crippen molar-refractivity contribution in [1.82, 2.24) is 4.98 Å².